The Morgan fingerprint density at radius 3 is 2.31 bits per heavy atom. The van der Waals surface area contributed by atoms with Crippen LogP contribution in [0.4, 0.5) is 11.4 Å². The molecule has 2 rings (SSSR count). The summed E-state index contributed by atoms with van der Waals surface area (Å²) < 4.78 is 0. The maximum atomic E-state index is 4.75. The van der Waals surface area contributed by atoms with Crippen LogP contribution in [0.1, 0.15) is 0 Å². The molecule has 1 fully saturated rings. The van der Waals surface area contributed by atoms with Crippen molar-refractivity contribution in [2.75, 3.05) is 43.4 Å². The third-order valence-electron chi connectivity index (χ3n) is 2.96. The van der Waals surface area contributed by atoms with E-state index in [1.54, 1.807) is 0 Å². The van der Waals surface area contributed by atoms with Crippen molar-refractivity contribution in [3.05, 3.63) is 24.3 Å². The van der Waals surface area contributed by atoms with Crippen molar-refractivity contribution in [3.63, 3.8) is 0 Å². The number of thiocarbonyl (C=S) groups is 1. The molecule has 86 valence electrons. The molecule has 1 saturated heterocycles. The summed E-state index contributed by atoms with van der Waals surface area (Å²) in [4.78, 5) is 4.78. The van der Waals surface area contributed by atoms with E-state index in [2.05, 4.69) is 46.4 Å². The SMILES string of the molecule is CN1CCN(c2ccc(NC=S)cc2)CC1. The number of hydrogen-bond donors (Lipinski definition) is 1. The van der Waals surface area contributed by atoms with E-state index in [9.17, 15) is 0 Å². The minimum atomic E-state index is 1.05. The molecule has 0 bridgehead atoms. The summed E-state index contributed by atoms with van der Waals surface area (Å²) in [7, 11) is 2.17. The van der Waals surface area contributed by atoms with Crippen LogP contribution in [0.25, 0.3) is 0 Å². The van der Waals surface area contributed by atoms with Gasteiger partial charge in [0.05, 0.1) is 5.49 Å². The highest BCUT2D eigenvalue weighted by Crippen LogP contribution is 2.18. The van der Waals surface area contributed by atoms with E-state index in [1.807, 2.05) is 0 Å². The molecule has 3 nitrogen and oxygen atoms in total. The minimum Gasteiger partial charge on any atom is -0.369 e. The fourth-order valence-electron chi connectivity index (χ4n) is 1.90. The summed E-state index contributed by atoms with van der Waals surface area (Å²) in [5, 5.41) is 3.01. The molecule has 0 aromatic heterocycles. The molecule has 0 atom stereocenters. The number of anilines is 2. The van der Waals surface area contributed by atoms with Crippen LogP contribution >= 0.6 is 12.2 Å². The van der Waals surface area contributed by atoms with Gasteiger partial charge in [0.25, 0.3) is 0 Å². The van der Waals surface area contributed by atoms with Crippen LogP contribution in [0, 0.1) is 0 Å². The molecule has 16 heavy (non-hydrogen) atoms. The van der Waals surface area contributed by atoms with Crippen molar-refractivity contribution in [1.82, 2.24) is 4.90 Å². The predicted octanol–water partition coefficient (Wildman–Crippen LogP) is 1.81. The summed E-state index contributed by atoms with van der Waals surface area (Å²) >= 11 is 4.75. The summed E-state index contributed by atoms with van der Waals surface area (Å²) in [6.45, 7) is 4.49. The van der Waals surface area contributed by atoms with Crippen molar-refractivity contribution in [2.24, 2.45) is 0 Å². The number of nitrogens with zero attached hydrogens (tertiary/aromatic N) is 2. The van der Waals surface area contributed by atoms with Gasteiger partial charge in [0.15, 0.2) is 0 Å². The predicted molar refractivity (Wildman–Crippen MR) is 73.4 cm³/mol. The van der Waals surface area contributed by atoms with Gasteiger partial charge >= 0.3 is 0 Å². The number of rotatable bonds is 3. The Bertz CT molecular complexity index is 342. The maximum absolute atomic E-state index is 4.75. The van der Waals surface area contributed by atoms with Crippen molar-refractivity contribution >= 4 is 29.1 Å². The molecule has 0 unspecified atom stereocenters. The van der Waals surface area contributed by atoms with E-state index in [4.69, 9.17) is 12.2 Å². The van der Waals surface area contributed by atoms with Crippen molar-refractivity contribution in [1.29, 1.82) is 0 Å². The van der Waals surface area contributed by atoms with Gasteiger partial charge < -0.3 is 15.1 Å². The molecule has 1 N–H and O–H groups in total. The molecule has 0 spiro atoms. The van der Waals surface area contributed by atoms with Crippen LogP contribution in [0.3, 0.4) is 0 Å². The van der Waals surface area contributed by atoms with Crippen LogP contribution in [0.15, 0.2) is 24.3 Å². The molecule has 0 amide bonds. The normalized spacial score (nSPS) is 17.2. The number of nitrogens with one attached hydrogen (secondary N) is 1. The Balaban J connectivity index is 2.01. The molecule has 1 aromatic carbocycles. The van der Waals surface area contributed by atoms with Crippen molar-refractivity contribution in [2.45, 2.75) is 0 Å². The average Bonchev–Trinajstić information content (AvgIpc) is 2.32. The molecule has 1 aliphatic heterocycles. The highest BCUT2D eigenvalue weighted by molar-refractivity contribution is 7.79. The lowest BCUT2D eigenvalue weighted by Crippen LogP contribution is -2.44. The third kappa shape index (κ3) is 2.71. The van der Waals surface area contributed by atoms with Crippen LogP contribution in [0.5, 0.6) is 0 Å². The molecule has 1 aliphatic rings. The van der Waals surface area contributed by atoms with Gasteiger partial charge in [-0.2, -0.15) is 0 Å². The van der Waals surface area contributed by atoms with Crippen molar-refractivity contribution in [3.8, 4) is 0 Å². The Hall–Kier alpha value is -1.13. The van der Waals surface area contributed by atoms with Gasteiger partial charge in [0.2, 0.25) is 0 Å². The van der Waals surface area contributed by atoms with E-state index >= 15 is 0 Å². The molecule has 0 saturated carbocycles. The van der Waals surface area contributed by atoms with Gasteiger partial charge in [0, 0.05) is 37.6 Å². The highest BCUT2D eigenvalue weighted by Gasteiger charge is 2.13. The zero-order valence-electron chi connectivity index (χ0n) is 9.52. The monoisotopic (exact) mass is 235 g/mol. The zero-order valence-corrected chi connectivity index (χ0v) is 10.3. The second-order valence-electron chi connectivity index (χ2n) is 4.10. The van der Waals surface area contributed by atoms with Gasteiger partial charge in [-0.3, -0.25) is 0 Å². The van der Waals surface area contributed by atoms with Gasteiger partial charge in [-0.1, -0.05) is 12.2 Å². The van der Waals surface area contributed by atoms with Crippen molar-refractivity contribution < 1.29 is 0 Å². The number of likely N-dealkylation sites (N-methyl/N-ethyl adjacent to an activating group) is 1. The smallest absolute Gasteiger partial charge is 0.0658 e. The maximum Gasteiger partial charge on any atom is 0.0658 e. The van der Waals surface area contributed by atoms with E-state index in [0.717, 1.165) is 31.9 Å². The number of hydrogen-bond acceptors (Lipinski definition) is 3. The topological polar surface area (TPSA) is 18.5 Å². The summed E-state index contributed by atoms with van der Waals surface area (Å²) in [6, 6.07) is 8.42. The fourth-order valence-corrected chi connectivity index (χ4v) is 2.04. The summed E-state index contributed by atoms with van der Waals surface area (Å²) in [5.41, 5.74) is 3.88. The quantitative estimate of drug-likeness (QED) is 0.805. The van der Waals surface area contributed by atoms with Gasteiger partial charge in [-0.05, 0) is 31.3 Å². The van der Waals surface area contributed by atoms with Crippen LogP contribution in [-0.4, -0.2) is 43.6 Å². The first-order chi connectivity index (χ1) is 7.79. The molecule has 1 aromatic rings. The highest BCUT2D eigenvalue weighted by atomic mass is 32.1. The Kier molecular flexibility index (Phi) is 3.74. The lowest BCUT2D eigenvalue weighted by atomic mass is 10.2. The zero-order chi connectivity index (χ0) is 11.4. The fraction of sp³-hybridized carbons (Fsp3) is 0.417. The van der Waals surface area contributed by atoms with E-state index < -0.39 is 0 Å². The Labute approximate surface area is 102 Å². The van der Waals surface area contributed by atoms with Gasteiger partial charge in [-0.25, -0.2) is 0 Å². The summed E-state index contributed by atoms with van der Waals surface area (Å²) in [6.07, 6.45) is 0. The standard InChI is InChI=1S/C12H17N3S/c1-14-6-8-15(9-7-14)12-4-2-11(3-5-12)13-10-16/h2-5,10H,6-9H2,1H3,(H,13,16). The second kappa shape index (κ2) is 5.27. The first-order valence-electron chi connectivity index (χ1n) is 5.53. The van der Waals surface area contributed by atoms with Crippen LogP contribution in [-0.2, 0) is 0 Å². The van der Waals surface area contributed by atoms with Crippen LogP contribution < -0.4 is 10.2 Å². The molecule has 0 aliphatic carbocycles. The lowest BCUT2D eigenvalue weighted by Gasteiger charge is -2.34. The van der Waals surface area contributed by atoms with E-state index in [1.165, 1.54) is 11.2 Å². The van der Waals surface area contributed by atoms with E-state index in [-0.39, 0.29) is 0 Å². The summed E-state index contributed by atoms with van der Waals surface area (Å²) in [5.74, 6) is 0. The Morgan fingerprint density at radius 1 is 1.12 bits per heavy atom. The Morgan fingerprint density at radius 2 is 1.75 bits per heavy atom. The minimum absolute atomic E-state index is 1.05. The first kappa shape index (κ1) is 11.4. The lowest BCUT2D eigenvalue weighted by molar-refractivity contribution is 0.313. The molecule has 4 heteroatoms. The van der Waals surface area contributed by atoms with Gasteiger partial charge in [0.1, 0.15) is 0 Å². The number of piperazine rings is 1. The van der Waals surface area contributed by atoms with Crippen LogP contribution in [0.2, 0.25) is 0 Å². The molecular weight excluding hydrogens is 218 g/mol. The third-order valence-corrected chi connectivity index (χ3v) is 3.08. The van der Waals surface area contributed by atoms with E-state index in [0.29, 0.717) is 0 Å². The molecule has 0 radical (unpaired) electrons. The van der Waals surface area contributed by atoms with Gasteiger partial charge in [-0.15, -0.1) is 0 Å². The second-order valence-corrected chi connectivity index (χ2v) is 4.34. The number of benzene rings is 1. The average molecular weight is 235 g/mol. The first-order valence-corrected chi connectivity index (χ1v) is 6.00. The molecular formula is C12H17N3S. The largest absolute Gasteiger partial charge is 0.369 e. The molecule has 1 heterocycles.